The van der Waals surface area contributed by atoms with Gasteiger partial charge in [-0.05, 0) is 15.9 Å². The van der Waals surface area contributed by atoms with Crippen LogP contribution in [0.15, 0.2) is 71.2 Å². The van der Waals surface area contributed by atoms with Gasteiger partial charge < -0.3 is 4.57 Å². The summed E-state index contributed by atoms with van der Waals surface area (Å²) in [4.78, 5) is 0. The number of azo groups is 1. The summed E-state index contributed by atoms with van der Waals surface area (Å²) in [6.07, 6.45) is 1.84. The minimum absolute atomic E-state index is 0.743. The smallest absolute Gasteiger partial charge is 0.342 e. The fourth-order valence-corrected chi connectivity index (χ4v) is 3.16. The van der Waals surface area contributed by atoms with Gasteiger partial charge in [0, 0.05) is 18.0 Å². The number of H-pyrrole nitrogens is 1. The van der Waals surface area contributed by atoms with Gasteiger partial charge in [-0.15, -0.1) is 5.10 Å². The Morgan fingerprint density at radius 2 is 1.64 bits per heavy atom. The van der Waals surface area contributed by atoms with Crippen molar-refractivity contribution in [2.45, 2.75) is 0 Å². The highest BCUT2D eigenvalue weighted by molar-refractivity contribution is 6.00. The molecule has 124 valence electrons. The Balaban J connectivity index is 1.96. The summed E-state index contributed by atoms with van der Waals surface area (Å²) >= 11 is 0. The van der Waals surface area contributed by atoms with Crippen LogP contribution in [0.1, 0.15) is 0 Å². The zero-order valence-corrected chi connectivity index (χ0v) is 14.5. The molecule has 0 saturated carbocycles. The first-order valence-electron chi connectivity index (χ1n) is 8.14. The summed E-state index contributed by atoms with van der Waals surface area (Å²) in [5.41, 5.74) is 4.20. The Hall–Kier alpha value is -3.28. The summed E-state index contributed by atoms with van der Waals surface area (Å²) in [7, 11) is 5.92. The van der Waals surface area contributed by atoms with E-state index in [0.717, 1.165) is 33.8 Å². The molecule has 2 heterocycles. The van der Waals surface area contributed by atoms with Crippen LogP contribution < -0.4 is 9.25 Å². The van der Waals surface area contributed by atoms with E-state index < -0.39 is 0 Å². The molecule has 2 aromatic carbocycles. The molecule has 0 spiro atoms. The van der Waals surface area contributed by atoms with Crippen LogP contribution >= 0.6 is 0 Å². The molecule has 0 fully saturated rings. The SMILES string of the molecule is Cn1c(-c2ccccc2)c(N=Nc2[n+](C)c[nH][n+]2C)c2ccccc21. The molecular formula is C19H20N6+2. The van der Waals surface area contributed by atoms with Gasteiger partial charge in [0.05, 0.1) is 18.3 Å². The van der Waals surface area contributed by atoms with Crippen LogP contribution in [0.5, 0.6) is 0 Å². The van der Waals surface area contributed by atoms with E-state index >= 15 is 0 Å². The lowest BCUT2D eigenvalue weighted by Crippen LogP contribution is -2.35. The third kappa shape index (κ3) is 2.52. The number of aryl methyl sites for hydroxylation is 3. The van der Waals surface area contributed by atoms with Gasteiger partial charge in [-0.3, -0.25) is 0 Å². The molecule has 25 heavy (non-hydrogen) atoms. The topological polar surface area (TPSA) is 53.2 Å². The van der Waals surface area contributed by atoms with Crippen LogP contribution in [0.2, 0.25) is 0 Å². The van der Waals surface area contributed by atoms with E-state index in [1.807, 2.05) is 60.0 Å². The number of aromatic nitrogens is 4. The summed E-state index contributed by atoms with van der Waals surface area (Å²) in [5.74, 6) is 0.743. The minimum atomic E-state index is 0.743. The molecule has 0 amide bonds. The monoisotopic (exact) mass is 332 g/mol. The van der Waals surface area contributed by atoms with Gasteiger partial charge >= 0.3 is 5.95 Å². The number of hydrogen-bond acceptors (Lipinski definition) is 2. The first-order valence-corrected chi connectivity index (χ1v) is 8.14. The molecule has 0 aliphatic heterocycles. The van der Waals surface area contributed by atoms with E-state index in [0.29, 0.717) is 0 Å². The standard InChI is InChI=1S/C19H19N6/c1-23-13-20-25(3)19(23)22-21-17-15-11-7-8-12-16(15)24(2)18(17)14-9-5-4-6-10-14/h4-13H,1-3H3/q+1/p+1. The van der Waals surface area contributed by atoms with Crippen molar-refractivity contribution in [1.82, 2.24) is 9.67 Å². The minimum Gasteiger partial charge on any atom is -0.342 e. The summed E-state index contributed by atoms with van der Waals surface area (Å²) < 4.78 is 5.91. The van der Waals surface area contributed by atoms with Gasteiger partial charge in [0.15, 0.2) is 0 Å². The Labute approximate surface area is 145 Å². The van der Waals surface area contributed by atoms with Gasteiger partial charge in [0.1, 0.15) is 17.8 Å². The molecular weight excluding hydrogens is 312 g/mol. The van der Waals surface area contributed by atoms with E-state index in [1.165, 1.54) is 0 Å². The second kappa shape index (κ2) is 5.98. The summed E-state index contributed by atoms with van der Waals surface area (Å²) in [6, 6.07) is 18.6. The van der Waals surface area contributed by atoms with E-state index in [1.54, 1.807) is 0 Å². The van der Waals surface area contributed by atoms with Crippen molar-refractivity contribution < 1.29 is 9.25 Å². The zero-order valence-electron chi connectivity index (χ0n) is 14.5. The molecule has 6 nitrogen and oxygen atoms in total. The first kappa shape index (κ1) is 15.3. The van der Waals surface area contributed by atoms with Crippen molar-refractivity contribution in [3.05, 3.63) is 60.9 Å². The maximum Gasteiger partial charge on any atom is 0.553 e. The fourth-order valence-electron chi connectivity index (χ4n) is 3.16. The number of nitrogens with zero attached hydrogens (tertiary/aromatic N) is 5. The number of rotatable bonds is 3. The number of nitrogens with one attached hydrogen (secondary N) is 1. The van der Waals surface area contributed by atoms with Crippen molar-refractivity contribution in [2.24, 2.45) is 31.4 Å². The highest BCUT2D eigenvalue weighted by Gasteiger charge is 2.22. The highest BCUT2D eigenvalue weighted by Crippen LogP contribution is 2.39. The van der Waals surface area contributed by atoms with Crippen molar-refractivity contribution >= 4 is 22.5 Å². The second-order valence-electron chi connectivity index (χ2n) is 6.07. The fraction of sp³-hybridized carbons (Fsp3) is 0.158. The van der Waals surface area contributed by atoms with Gasteiger partial charge in [-0.25, -0.2) is 0 Å². The number of benzene rings is 2. The van der Waals surface area contributed by atoms with E-state index in [9.17, 15) is 0 Å². The Morgan fingerprint density at radius 3 is 2.36 bits per heavy atom. The number of fused-ring (bicyclic) bond motifs is 1. The van der Waals surface area contributed by atoms with Crippen LogP contribution in [-0.2, 0) is 21.1 Å². The molecule has 0 saturated heterocycles. The number of para-hydroxylation sites is 1. The average molecular weight is 332 g/mol. The predicted molar refractivity (Wildman–Crippen MR) is 95.7 cm³/mol. The quantitative estimate of drug-likeness (QED) is 0.442. The largest absolute Gasteiger partial charge is 0.553 e. The Kier molecular flexibility index (Phi) is 3.65. The molecule has 0 atom stereocenters. The molecule has 0 radical (unpaired) electrons. The van der Waals surface area contributed by atoms with Crippen LogP contribution in [-0.4, -0.2) is 9.67 Å². The van der Waals surface area contributed by atoms with E-state index in [2.05, 4.69) is 51.2 Å². The maximum absolute atomic E-state index is 4.64. The number of aromatic amines is 1. The lowest BCUT2D eigenvalue weighted by molar-refractivity contribution is -0.771. The number of hydrogen-bond donors (Lipinski definition) is 1. The normalized spacial score (nSPS) is 11.6. The molecule has 2 aromatic heterocycles. The molecule has 0 aliphatic rings. The predicted octanol–water partition coefficient (Wildman–Crippen LogP) is 3.24. The van der Waals surface area contributed by atoms with Crippen LogP contribution in [0.4, 0.5) is 11.6 Å². The molecule has 6 heteroatoms. The molecule has 0 aliphatic carbocycles. The van der Waals surface area contributed by atoms with Crippen LogP contribution in [0, 0.1) is 0 Å². The molecule has 0 unspecified atom stereocenters. The zero-order chi connectivity index (χ0) is 17.4. The lowest BCUT2D eigenvalue weighted by Gasteiger charge is -2.04. The first-order chi connectivity index (χ1) is 12.2. The van der Waals surface area contributed by atoms with Gasteiger partial charge in [-0.2, -0.15) is 4.57 Å². The molecule has 0 bridgehead atoms. The average Bonchev–Trinajstić information content (AvgIpc) is 3.11. The molecule has 4 aromatic rings. The summed E-state index contributed by atoms with van der Waals surface area (Å²) in [5, 5.41) is 13.3. The van der Waals surface area contributed by atoms with Gasteiger partial charge in [-0.1, -0.05) is 48.5 Å². The van der Waals surface area contributed by atoms with Crippen LogP contribution in [0.25, 0.3) is 22.2 Å². The maximum atomic E-state index is 4.64. The highest BCUT2D eigenvalue weighted by atomic mass is 15.4. The lowest BCUT2D eigenvalue weighted by atomic mass is 10.1. The Morgan fingerprint density at radius 1 is 0.920 bits per heavy atom. The van der Waals surface area contributed by atoms with Crippen LogP contribution in [0.3, 0.4) is 0 Å². The molecule has 1 N–H and O–H groups in total. The summed E-state index contributed by atoms with van der Waals surface area (Å²) in [6.45, 7) is 0. The van der Waals surface area contributed by atoms with Gasteiger partial charge in [0.25, 0.3) is 6.33 Å². The third-order valence-corrected chi connectivity index (χ3v) is 4.43. The third-order valence-electron chi connectivity index (χ3n) is 4.43. The van der Waals surface area contributed by atoms with Crippen molar-refractivity contribution in [3.63, 3.8) is 0 Å². The van der Waals surface area contributed by atoms with E-state index in [-0.39, 0.29) is 0 Å². The Bertz CT molecular complexity index is 1050. The van der Waals surface area contributed by atoms with Gasteiger partial charge in [0.2, 0.25) is 0 Å². The second-order valence-corrected chi connectivity index (χ2v) is 6.07. The van der Waals surface area contributed by atoms with Crippen molar-refractivity contribution in [2.75, 3.05) is 0 Å². The van der Waals surface area contributed by atoms with Crippen molar-refractivity contribution in [1.29, 1.82) is 0 Å². The van der Waals surface area contributed by atoms with Crippen molar-refractivity contribution in [3.8, 4) is 11.3 Å². The van der Waals surface area contributed by atoms with E-state index in [4.69, 9.17) is 0 Å². The molecule has 4 rings (SSSR count).